The van der Waals surface area contributed by atoms with Crippen molar-refractivity contribution in [3.05, 3.63) is 56.5 Å². The summed E-state index contributed by atoms with van der Waals surface area (Å²) in [5, 5.41) is 3.27. The van der Waals surface area contributed by atoms with Crippen molar-refractivity contribution in [3.8, 4) is 0 Å². The lowest BCUT2D eigenvalue weighted by Gasteiger charge is -2.22. The molecule has 0 aromatic heterocycles. The van der Waals surface area contributed by atoms with E-state index in [0.717, 1.165) is 33.2 Å². The van der Waals surface area contributed by atoms with E-state index in [2.05, 4.69) is 37.2 Å². The molecular formula is C17H14Br2N2O2. The van der Waals surface area contributed by atoms with Gasteiger partial charge in [-0.3, -0.25) is 9.59 Å². The topological polar surface area (TPSA) is 49.4 Å². The maximum Gasteiger partial charge on any atom is 0.265 e. The van der Waals surface area contributed by atoms with Crippen molar-refractivity contribution >= 4 is 55.0 Å². The van der Waals surface area contributed by atoms with Crippen LogP contribution in [0.5, 0.6) is 0 Å². The summed E-state index contributed by atoms with van der Waals surface area (Å²) in [5.74, 6) is -0.656. The van der Waals surface area contributed by atoms with Gasteiger partial charge < -0.3 is 5.32 Å². The molecular weight excluding hydrogens is 424 g/mol. The van der Waals surface area contributed by atoms with E-state index in [0.29, 0.717) is 11.3 Å². The maximum atomic E-state index is 12.9. The number of hydrogen-bond acceptors (Lipinski definition) is 3. The summed E-state index contributed by atoms with van der Waals surface area (Å²) in [7, 11) is 0. The molecule has 4 nitrogen and oxygen atoms in total. The molecule has 0 bridgehead atoms. The van der Waals surface area contributed by atoms with Gasteiger partial charge in [-0.15, -0.1) is 0 Å². The smallest absolute Gasteiger partial charge is 0.265 e. The SMILES string of the molecule is CC(=O)N(C(=O)c1cccc(Br)c1)c1cc(Br)cc2c1NCC2. The van der Waals surface area contributed by atoms with Crippen LogP contribution in [0.15, 0.2) is 45.3 Å². The highest BCUT2D eigenvalue weighted by molar-refractivity contribution is 9.10. The van der Waals surface area contributed by atoms with Crippen molar-refractivity contribution in [3.63, 3.8) is 0 Å². The third-order valence-electron chi connectivity index (χ3n) is 3.69. The summed E-state index contributed by atoms with van der Waals surface area (Å²) in [6, 6.07) is 10.8. The number of nitrogens with one attached hydrogen (secondary N) is 1. The zero-order valence-corrected chi connectivity index (χ0v) is 15.6. The molecule has 118 valence electrons. The molecule has 0 radical (unpaired) electrons. The summed E-state index contributed by atoms with van der Waals surface area (Å²) in [4.78, 5) is 26.3. The van der Waals surface area contributed by atoms with Crippen LogP contribution in [0.4, 0.5) is 11.4 Å². The minimum Gasteiger partial charge on any atom is -0.383 e. The predicted molar refractivity (Wildman–Crippen MR) is 98.0 cm³/mol. The largest absolute Gasteiger partial charge is 0.383 e. The molecule has 1 N–H and O–H groups in total. The van der Waals surface area contributed by atoms with E-state index in [-0.39, 0.29) is 11.8 Å². The van der Waals surface area contributed by atoms with Gasteiger partial charge in [0.2, 0.25) is 5.91 Å². The normalized spacial score (nSPS) is 12.5. The number of benzene rings is 2. The highest BCUT2D eigenvalue weighted by atomic mass is 79.9. The van der Waals surface area contributed by atoms with E-state index in [1.807, 2.05) is 12.1 Å². The summed E-state index contributed by atoms with van der Waals surface area (Å²) >= 11 is 6.82. The molecule has 1 heterocycles. The summed E-state index contributed by atoms with van der Waals surface area (Å²) in [6.45, 7) is 2.20. The van der Waals surface area contributed by atoms with Crippen molar-refractivity contribution < 1.29 is 9.59 Å². The Morgan fingerprint density at radius 3 is 2.61 bits per heavy atom. The van der Waals surface area contributed by atoms with Gasteiger partial charge >= 0.3 is 0 Å². The number of carbonyl (C=O) groups excluding carboxylic acids is 2. The monoisotopic (exact) mass is 436 g/mol. The van der Waals surface area contributed by atoms with Gasteiger partial charge in [-0.05, 0) is 42.3 Å². The average molecular weight is 438 g/mol. The van der Waals surface area contributed by atoms with E-state index in [1.54, 1.807) is 24.3 Å². The predicted octanol–water partition coefficient (Wildman–Crippen LogP) is 4.37. The standard InChI is InChI=1S/C17H14Br2N2O2/c1-10(22)21(17(23)12-3-2-4-13(18)8-12)15-9-14(19)7-11-5-6-20-16(11)15/h2-4,7-9,20H,5-6H2,1H3. The molecule has 23 heavy (non-hydrogen) atoms. The number of carbonyl (C=O) groups is 2. The van der Waals surface area contributed by atoms with Gasteiger partial charge in [0.25, 0.3) is 5.91 Å². The summed E-state index contributed by atoms with van der Waals surface area (Å²) in [5.41, 5.74) is 3.00. The van der Waals surface area contributed by atoms with Crippen LogP contribution >= 0.6 is 31.9 Å². The Kier molecular flexibility index (Phi) is 4.55. The van der Waals surface area contributed by atoms with Crippen LogP contribution in [0.25, 0.3) is 0 Å². The second-order valence-electron chi connectivity index (χ2n) is 5.31. The van der Waals surface area contributed by atoms with Crippen LogP contribution in [0.2, 0.25) is 0 Å². The molecule has 0 saturated heterocycles. The molecule has 0 spiro atoms. The van der Waals surface area contributed by atoms with E-state index < -0.39 is 0 Å². The fourth-order valence-electron chi connectivity index (χ4n) is 2.72. The van der Waals surface area contributed by atoms with Crippen molar-refractivity contribution in [2.75, 3.05) is 16.8 Å². The molecule has 2 aromatic carbocycles. The highest BCUT2D eigenvalue weighted by Crippen LogP contribution is 2.37. The van der Waals surface area contributed by atoms with Crippen LogP contribution in [-0.2, 0) is 11.2 Å². The Balaban J connectivity index is 2.10. The lowest BCUT2D eigenvalue weighted by Crippen LogP contribution is -2.35. The molecule has 6 heteroatoms. The fraction of sp³-hybridized carbons (Fsp3) is 0.176. The van der Waals surface area contributed by atoms with Gasteiger partial charge in [0, 0.05) is 28.0 Å². The minimum atomic E-state index is -0.340. The lowest BCUT2D eigenvalue weighted by atomic mass is 10.1. The number of imide groups is 1. The van der Waals surface area contributed by atoms with Crippen LogP contribution in [-0.4, -0.2) is 18.4 Å². The van der Waals surface area contributed by atoms with Crippen LogP contribution in [0.1, 0.15) is 22.8 Å². The molecule has 0 saturated carbocycles. The second-order valence-corrected chi connectivity index (χ2v) is 7.14. The van der Waals surface area contributed by atoms with E-state index in [1.165, 1.54) is 11.8 Å². The van der Waals surface area contributed by atoms with Gasteiger partial charge in [-0.1, -0.05) is 37.9 Å². The van der Waals surface area contributed by atoms with Gasteiger partial charge in [0.05, 0.1) is 11.4 Å². The number of anilines is 2. The first-order valence-corrected chi connectivity index (χ1v) is 8.73. The molecule has 2 aromatic rings. The molecule has 0 aliphatic carbocycles. The van der Waals surface area contributed by atoms with Crippen molar-refractivity contribution in [1.29, 1.82) is 0 Å². The van der Waals surface area contributed by atoms with E-state index in [9.17, 15) is 9.59 Å². The Hall–Kier alpha value is -1.66. The lowest BCUT2D eigenvalue weighted by molar-refractivity contribution is -0.115. The Morgan fingerprint density at radius 2 is 1.91 bits per heavy atom. The molecule has 3 rings (SSSR count). The van der Waals surface area contributed by atoms with Crippen LogP contribution in [0, 0.1) is 0 Å². The number of halogens is 2. The average Bonchev–Trinajstić information content (AvgIpc) is 2.95. The van der Waals surface area contributed by atoms with E-state index in [4.69, 9.17) is 0 Å². The molecule has 2 amide bonds. The van der Waals surface area contributed by atoms with Crippen molar-refractivity contribution in [2.24, 2.45) is 0 Å². The van der Waals surface area contributed by atoms with Crippen LogP contribution in [0.3, 0.4) is 0 Å². The molecule has 0 atom stereocenters. The first kappa shape index (κ1) is 16.2. The molecule has 1 aliphatic rings. The summed E-state index contributed by atoms with van der Waals surface area (Å²) < 4.78 is 1.65. The highest BCUT2D eigenvalue weighted by Gasteiger charge is 2.27. The molecule has 0 unspecified atom stereocenters. The van der Waals surface area contributed by atoms with Gasteiger partial charge in [0.1, 0.15) is 0 Å². The molecule has 1 aliphatic heterocycles. The zero-order valence-electron chi connectivity index (χ0n) is 12.4. The van der Waals surface area contributed by atoms with E-state index >= 15 is 0 Å². The minimum absolute atomic E-state index is 0.316. The third-order valence-corrected chi connectivity index (χ3v) is 4.64. The Morgan fingerprint density at radius 1 is 1.13 bits per heavy atom. The second kappa shape index (κ2) is 6.45. The Bertz CT molecular complexity index is 805. The summed E-state index contributed by atoms with van der Waals surface area (Å²) in [6.07, 6.45) is 0.874. The quantitative estimate of drug-likeness (QED) is 0.758. The number of rotatable bonds is 2. The Labute approximate surface area is 151 Å². The van der Waals surface area contributed by atoms with Gasteiger partial charge in [-0.25, -0.2) is 4.90 Å². The fourth-order valence-corrected chi connectivity index (χ4v) is 3.61. The van der Waals surface area contributed by atoms with Crippen molar-refractivity contribution in [1.82, 2.24) is 0 Å². The van der Waals surface area contributed by atoms with Crippen molar-refractivity contribution in [2.45, 2.75) is 13.3 Å². The number of amides is 2. The number of nitrogens with zero attached hydrogens (tertiary/aromatic N) is 1. The van der Waals surface area contributed by atoms with Gasteiger partial charge in [-0.2, -0.15) is 0 Å². The third kappa shape index (κ3) is 3.19. The zero-order chi connectivity index (χ0) is 16.6. The first-order valence-electron chi connectivity index (χ1n) is 7.14. The van der Waals surface area contributed by atoms with Crippen LogP contribution < -0.4 is 10.2 Å². The number of hydrogen-bond donors (Lipinski definition) is 1. The van der Waals surface area contributed by atoms with Gasteiger partial charge in [0.15, 0.2) is 0 Å². The number of fused-ring (bicyclic) bond motifs is 1. The first-order chi connectivity index (χ1) is 11.0. The molecule has 0 fully saturated rings. The maximum absolute atomic E-state index is 12.9.